The van der Waals surface area contributed by atoms with Gasteiger partial charge in [-0.2, -0.15) is 0 Å². The van der Waals surface area contributed by atoms with Gasteiger partial charge in [0.25, 0.3) is 0 Å². The lowest BCUT2D eigenvalue weighted by Crippen LogP contribution is -2.22. The summed E-state index contributed by atoms with van der Waals surface area (Å²) >= 11 is 4.64. The molecule has 0 aromatic heterocycles. The van der Waals surface area contributed by atoms with Gasteiger partial charge < -0.3 is 4.90 Å². The van der Waals surface area contributed by atoms with Crippen LogP contribution in [-0.2, 0) is 6.42 Å². The van der Waals surface area contributed by atoms with Crippen LogP contribution in [0.1, 0.15) is 25.0 Å². The topological polar surface area (TPSA) is 3.24 Å². The average Bonchev–Trinajstić information content (AvgIpc) is 2.40. The summed E-state index contributed by atoms with van der Waals surface area (Å²) in [5.41, 5.74) is 5.97. The van der Waals surface area contributed by atoms with Crippen LogP contribution in [0.3, 0.4) is 0 Å². The minimum Gasteiger partial charge on any atom is -0.372 e. The molecule has 0 unspecified atom stereocenters. The Bertz CT molecular complexity index is 550. The highest BCUT2D eigenvalue weighted by Crippen LogP contribution is 2.38. The Balaban J connectivity index is 2.49. The predicted octanol–water partition coefficient (Wildman–Crippen LogP) is 4.47. The molecule has 0 amide bonds. The summed E-state index contributed by atoms with van der Waals surface area (Å²) in [4.78, 5) is 3.35. The van der Waals surface area contributed by atoms with Gasteiger partial charge >= 0.3 is 0 Å². The maximum Gasteiger partial charge on any atom is 0.0369 e. The van der Waals surface area contributed by atoms with E-state index in [1.54, 1.807) is 0 Å². The Morgan fingerprint density at radius 1 is 1.32 bits per heavy atom. The van der Waals surface area contributed by atoms with E-state index in [4.69, 9.17) is 0 Å². The lowest BCUT2D eigenvalue weighted by Gasteiger charge is -2.26. The normalized spacial score (nSPS) is 14.4. The Morgan fingerprint density at radius 3 is 2.58 bits per heavy atom. The van der Waals surface area contributed by atoms with Crippen LogP contribution in [0.15, 0.2) is 48.6 Å². The maximum atomic E-state index is 4.64. The number of nitrogens with zero attached hydrogens (tertiary/aromatic N) is 1. The lowest BCUT2D eigenvalue weighted by molar-refractivity contribution is 0.864. The van der Waals surface area contributed by atoms with Crippen LogP contribution >= 0.6 is 12.6 Å². The molecule has 1 nitrogen and oxygen atoms in total. The first kappa shape index (κ1) is 14.0. The van der Waals surface area contributed by atoms with Crippen molar-refractivity contribution in [2.24, 2.45) is 0 Å². The van der Waals surface area contributed by atoms with Gasteiger partial charge in [-0.3, -0.25) is 0 Å². The van der Waals surface area contributed by atoms with Crippen molar-refractivity contribution in [3.63, 3.8) is 0 Å². The summed E-state index contributed by atoms with van der Waals surface area (Å²) in [5, 5.41) is 0. The zero-order valence-electron chi connectivity index (χ0n) is 11.7. The molecule has 0 heterocycles. The molecule has 0 radical (unpaired) electrons. The van der Waals surface area contributed by atoms with Gasteiger partial charge in [0, 0.05) is 23.7 Å². The fourth-order valence-corrected chi connectivity index (χ4v) is 3.09. The first-order valence-corrected chi connectivity index (χ1v) is 7.19. The lowest BCUT2D eigenvalue weighted by atomic mass is 9.88. The Hall–Kier alpha value is -1.41. The molecular formula is C17H21NS. The van der Waals surface area contributed by atoms with Gasteiger partial charge in [-0.25, -0.2) is 0 Å². The molecule has 0 aliphatic heterocycles. The second-order valence-electron chi connectivity index (χ2n) is 4.76. The third-order valence-corrected chi connectivity index (χ3v) is 4.20. The molecule has 100 valence electrons. The molecule has 1 aromatic rings. The number of anilines is 1. The van der Waals surface area contributed by atoms with Gasteiger partial charge in [0.1, 0.15) is 0 Å². The van der Waals surface area contributed by atoms with Crippen molar-refractivity contribution < 1.29 is 0 Å². The smallest absolute Gasteiger partial charge is 0.0369 e. The highest BCUT2D eigenvalue weighted by Gasteiger charge is 2.18. The van der Waals surface area contributed by atoms with Crippen LogP contribution in [0.5, 0.6) is 0 Å². The van der Waals surface area contributed by atoms with E-state index >= 15 is 0 Å². The number of hydrogen-bond acceptors (Lipinski definition) is 2. The second-order valence-corrected chi connectivity index (χ2v) is 5.21. The fourth-order valence-electron chi connectivity index (χ4n) is 2.62. The summed E-state index contributed by atoms with van der Waals surface area (Å²) in [6.07, 6.45) is 2.74. The average molecular weight is 271 g/mol. The summed E-state index contributed by atoms with van der Waals surface area (Å²) in [6.45, 7) is 14.4. The van der Waals surface area contributed by atoms with E-state index in [0.717, 1.165) is 35.6 Å². The van der Waals surface area contributed by atoms with Crippen molar-refractivity contribution in [1.82, 2.24) is 0 Å². The molecule has 0 fully saturated rings. The minimum absolute atomic E-state index is 0.885. The maximum absolute atomic E-state index is 4.64. The zero-order chi connectivity index (χ0) is 14.0. The standard InChI is InChI=1S/C17H21NS/c1-5-15-12(4)10-13-11-14(18(6-2)7-3)8-9-16(13)17(15)19/h5,8-9,11,19H,1,4,6-7,10H2,2-3H3. The molecule has 1 aliphatic carbocycles. The molecule has 0 bridgehead atoms. The van der Waals surface area contributed by atoms with Gasteiger partial charge in [-0.05, 0) is 54.7 Å². The van der Waals surface area contributed by atoms with Crippen molar-refractivity contribution >= 4 is 23.2 Å². The van der Waals surface area contributed by atoms with Crippen molar-refractivity contribution in [2.45, 2.75) is 20.3 Å². The van der Waals surface area contributed by atoms with Gasteiger partial charge in [0.05, 0.1) is 0 Å². The molecule has 0 saturated carbocycles. The van der Waals surface area contributed by atoms with Crippen molar-refractivity contribution in [3.05, 3.63) is 59.7 Å². The third kappa shape index (κ3) is 2.50. The van der Waals surface area contributed by atoms with Gasteiger partial charge in [-0.15, -0.1) is 12.6 Å². The summed E-state index contributed by atoms with van der Waals surface area (Å²) in [6, 6.07) is 6.61. The number of hydrogen-bond donors (Lipinski definition) is 1. The van der Waals surface area contributed by atoms with E-state index in [9.17, 15) is 0 Å². The Kier molecular flexibility index (Phi) is 4.20. The highest BCUT2D eigenvalue weighted by atomic mass is 32.1. The molecule has 19 heavy (non-hydrogen) atoms. The van der Waals surface area contributed by atoms with Crippen molar-refractivity contribution in [3.8, 4) is 0 Å². The van der Waals surface area contributed by atoms with Crippen molar-refractivity contribution in [2.75, 3.05) is 18.0 Å². The molecule has 2 rings (SSSR count). The molecule has 0 atom stereocenters. The third-order valence-electron chi connectivity index (χ3n) is 3.72. The van der Waals surface area contributed by atoms with Crippen LogP contribution in [0.4, 0.5) is 5.69 Å². The zero-order valence-corrected chi connectivity index (χ0v) is 12.6. The van der Waals surface area contributed by atoms with E-state index in [0.29, 0.717) is 0 Å². The van der Waals surface area contributed by atoms with E-state index in [-0.39, 0.29) is 0 Å². The number of rotatable bonds is 4. The Labute approximate surface area is 121 Å². The van der Waals surface area contributed by atoms with Crippen LogP contribution in [0.2, 0.25) is 0 Å². The fraction of sp³-hybridized carbons (Fsp3) is 0.294. The van der Waals surface area contributed by atoms with Crippen LogP contribution in [0.25, 0.3) is 4.91 Å². The second kappa shape index (κ2) is 5.70. The number of fused-ring (bicyclic) bond motifs is 1. The quantitative estimate of drug-likeness (QED) is 0.791. The molecular weight excluding hydrogens is 250 g/mol. The van der Waals surface area contributed by atoms with Crippen LogP contribution < -0.4 is 4.90 Å². The van der Waals surface area contributed by atoms with E-state index in [1.165, 1.54) is 16.8 Å². The molecule has 0 spiro atoms. The molecule has 0 N–H and O–H groups in total. The number of thiol groups is 1. The first-order chi connectivity index (χ1) is 9.12. The SMILES string of the molecule is C=CC1=C(S)c2ccc(N(CC)CC)cc2CC1=C. The Morgan fingerprint density at radius 2 is 2.00 bits per heavy atom. The minimum atomic E-state index is 0.885. The monoisotopic (exact) mass is 271 g/mol. The van der Waals surface area contributed by atoms with Gasteiger partial charge in [0.15, 0.2) is 0 Å². The molecule has 1 aliphatic rings. The molecule has 1 aromatic carbocycles. The first-order valence-electron chi connectivity index (χ1n) is 6.74. The van der Waals surface area contributed by atoms with E-state index in [2.05, 4.69) is 62.7 Å². The van der Waals surface area contributed by atoms with Gasteiger partial charge in [0.2, 0.25) is 0 Å². The number of benzene rings is 1. The summed E-state index contributed by atoms with van der Waals surface area (Å²) < 4.78 is 0. The van der Waals surface area contributed by atoms with Gasteiger partial charge in [-0.1, -0.05) is 25.3 Å². The largest absolute Gasteiger partial charge is 0.372 e. The van der Waals surface area contributed by atoms with E-state index in [1.807, 2.05) is 6.08 Å². The van der Waals surface area contributed by atoms with Crippen LogP contribution in [0, 0.1) is 0 Å². The molecule has 2 heteroatoms. The number of allylic oxidation sites excluding steroid dienone is 3. The van der Waals surface area contributed by atoms with Crippen LogP contribution in [-0.4, -0.2) is 13.1 Å². The summed E-state index contributed by atoms with van der Waals surface area (Å²) in [7, 11) is 0. The predicted molar refractivity (Wildman–Crippen MR) is 89.0 cm³/mol. The molecule has 0 saturated heterocycles. The van der Waals surface area contributed by atoms with E-state index < -0.39 is 0 Å². The highest BCUT2D eigenvalue weighted by molar-refractivity contribution is 7.90. The summed E-state index contributed by atoms with van der Waals surface area (Å²) in [5.74, 6) is 0. The van der Waals surface area contributed by atoms with Crippen molar-refractivity contribution in [1.29, 1.82) is 0 Å².